The third kappa shape index (κ3) is 2.29. The Hall–Kier alpha value is -1.85. The molecule has 6 heteroatoms. The highest BCUT2D eigenvalue weighted by Crippen LogP contribution is 1.99. The van der Waals surface area contributed by atoms with Gasteiger partial charge in [-0.15, -0.1) is 0 Å². The number of carboxylic acids is 1. The van der Waals surface area contributed by atoms with Crippen molar-refractivity contribution in [3.05, 3.63) is 18.4 Å². The van der Waals surface area contributed by atoms with Crippen molar-refractivity contribution in [1.29, 1.82) is 0 Å². The maximum atomic E-state index is 11.2. The molecular weight excluding hydrogens is 176 g/mol. The lowest BCUT2D eigenvalue weighted by molar-refractivity contribution is -0.137. The number of aromatic nitrogens is 1. The van der Waals surface area contributed by atoms with Crippen LogP contribution in [-0.2, 0) is 4.79 Å². The van der Waals surface area contributed by atoms with Gasteiger partial charge >= 0.3 is 11.9 Å². The molecule has 13 heavy (non-hydrogen) atoms. The van der Waals surface area contributed by atoms with Crippen LogP contribution in [0.25, 0.3) is 0 Å². The molecule has 1 heterocycles. The molecule has 0 bridgehead atoms. The molecule has 0 fully saturated rings. The quantitative estimate of drug-likeness (QED) is 0.705. The first-order valence-electron chi connectivity index (χ1n) is 3.48. The summed E-state index contributed by atoms with van der Waals surface area (Å²) in [6, 6.07) is 0. The Kier molecular flexibility index (Phi) is 2.63. The van der Waals surface area contributed by atoms with E-state index in [1.165, 1.54) is 19.5 Å². The first-order valence-corrected chi connectivity index (χ1v) is 3.48. The molecule has 0 unspecified atom stereocenters. The third-order valence-corrected chi connectivity index (χ3v) is 1.33. The predicted octanol–water partition coefficient (Wildman–Crippen LogP) is -0.169. The molecule has 1 N–H and O–H groups in total. The Labute approximate surface area is 73.8 Å². The number of carbonyl (C=O) groups is 2. The Morgan fingerprint density at radius 1 is 1.69 bits per heavy atom. The Morgan fingerprint density at radius 3 is 2.85 bits per heavy atom. The molecule has 0 aliphatic carbocycles. The molecule has 1 rings (SSSR count). The predicted molar refractivity (Wildman–Crippen MR) is 41.1 cm³/mol. The summed E-state index contributed by atoms with van der Waals surface area (Å²) in [5, 5.41) is 8.39. The number of oxazole rings is 1. The van der Waals surface area contributed by atoms with Crippen LogP contribution in [0.4, 0.5) is 0 Å². The summed E-state index contributed by atoms with van der Waals surface area (Å²) in [6.07, 6.45) is 2.57. The highest BCUT2D eigenvalue weighted by Gasteiger charge is 2.17. The van der Waals surface area contributed by atoms with Crippen molar-refractivity contribution in [2.75, 3.05) is 13.6 Å². The second-order valence-electron chi connectivity index (χ2n) is 2.39. The number of hydrogen-bond acceptors (Lipinski definition) is 4. The first-order chi connectivity index (χ1) is 6.11. The molecule has 1 aromatic heterocycles. The van der Waals surface area contributed by atoms with Crippen LogP contribution in [0.5, 0.6) is 0 Å². The molecule has 0 atom stereocenters. The maximum absolute atomic E-state index is 11.2. The zero-order valence-corrected chi connectivity index (χ0v) is 6.93. The molecule has 0 aliphatic rings. The zero-order chi connectivity index (χ0) is 9.84. The number of nitrogens with zero attached hydrogens (tertiary/aromatic N) is 2. The van der Waals surface area contributed by atoms with E-state index in [4.69, 9.17) is 9.52 Å². The molecule has 0 aromatic carbocycles. The van der Waals surface area contributed by atoms with Crippen molar-refractivity contribution < 1.29 is 19.1 Å². The molecule has 0 saturated carbocycles. The van der Waals surface area contributed by atoms with Crippen LogP contribution in [0.15, 0.2) is 16.9 Å². The van der Waals surface area contributed by atoms with Gasteiger partial charge in [0.1, 0.15) is 12.8 Å². The number of rotatable bonds is 3. The van der Waals surface area contributed by atoms with Gasteiger partial charge in [0.15, 0.2) is 0 Å². The Bertz CT molecular complexity index is 306. The summed E-state index contributed by atoms with van der Waals surface area (Å²) in [6.45, 7) is -0.374. The van der Waals surface area contributed by atoms with Crippen molar-refractivity contribution in [2.45, 2.75) is 0 Å². The van der Waals surface area contributed by atoms with Gasteiger partial charge < -0.3 is 14.4 Å². The minimum Gasteiger partial charge on any atom is -0.480 e. The second kappa shape index (κ2) is 3.70. The van der Waals surface area contributed by atoms with Crippen LogP contribution >= 0.6 is 0 Å². The number of hydrogen-bond donors (Lipinski definition) is 1. The highest BCUT2D eigenvalue weighted by molar-refractivity contribution is 5.91. The summed E-state index contributed by atoms with van der Waals surface area (Å²) >= 11 is 0. The largest absolute Gasteiger partial charge is 0.480 e. The van der Waals surface area contributed by atoms with Gasteiger partial charge in [0, 0.05) is 7.05 Å². The van der Waals surface area contributed by atoms with Crippen molar-refractivity contribution in [3.8, 4) is 0 Å². The van der Waals surface area contributed by atoms with Gasteiger partial charge in [0.2, 0.25) is 0 Å². The molecular formula is C7H8N2O4. The lowest BCUT2D eigenvalue weighted by atomic mass is 10.5. The monoisotopic (exact) mass is 184 g/mol. The minimum absolute atomic E-state index is 0.108. The SMILES string of the molecule is CN(CC(=O)O)C(=O)c1ncco1. The number of carbonyl (C=O) groups excluding carboxylic acids is 1. The average molecular weight is 184 g/mol. The van der Waals surface area contributed by atoms with E-state index in [9.17, 15) is 9.59 Å². The van der Waals surface area contributed by atoms with Gasteiger partial charge in [-0.1, -0.05) is 0 Å². The van der Waals surface area contributed by atoms with E-state index in [1.807, 2.05) is 0 Å². The minimum atomic E-state index is -1.08. The van der Waals surface area contributed by atoms with E-state index in [1.54, 1.807) is 0 Å². The van der Waals surface area contributed by atoms with Crippen LogP contribution in [0, 0.1) is 0 Å². The summed E-state index contributed by atoms with van der Waals surface area (Å²) in [5.74, 6) is -1.74. The normalized spacial score (nSPS) is 9.62. The number of carboxylic acid groups (broad SMARTS) is 1. The fraction of sp³-hybridized carbons (Fsp3) is 0.286. The topological polar surface area (TPSA) is 83.6 Å². The average Bonchev–Trinajstić information content (AvgIpc) is 2.53. The third-order valence-electron chi connectivity index (χ3n) is 1.33. The van der Waals surface area contributed by atoms with Crippen molar-refractivity contribution in [1.82, 2.24) is 9.88 Å². The van der Waals surface area contributed by atoms with Gasteiger partial charge in [-0.3, -0.25) is 9.59 Å². The van der Waals surface area contributed by atoms with E-state index < -0.39 is 11.9 Å². The summed E-state index contributed by atoms with van der Waals surface area (Å²) < 4.78 is 4.70. The number of amides is 1. The Balaban J connectivity index is 2.63. The van der Waals surface area contributed by atoms with E-state index in [0.717, 1.165) is 4.90 Å². The first kappa shape index (κ1) is 9.24. The van der Waals surface area contributed by atoms with Gasteiger partial charge in [-0.25, -0.2) is 4.98 Å². The molecule has 1 aromatic rings. The van der Waals surface area contributed by atoms with Gasteiger partial charge in [-0.05, 0) is 0 Å². The van der Waals surface area contributed by atoms with Gasteiger partial charge in [0.25, 0.3) is 5.89 Å². The van der Waals surface area contributed by atoms with Crippen LogP contribution in [-0.4, -0.2) is 40.5 Å². The van der Waals surface area contributed by atoms with Crippen molar-refractivity contribution in [3.63, 3.8) is 0 Å². The van der Waals surface area contributed by atoms with Crippen molar-refractivity contribution in [2.24, 2.45) is 0 Å². The molecule has 1 amide bonds. The lowest BCUT2D eigenvalue weighted by Gasteiger charge is -2.10. The van der Waals surface area contributed by atoms with E-state index in [-0.39, 0.29) is 12.4 Å². The number of aliphatic carboxylic acids is 1. The fourth-order valence-electron chi connectivity index (χ4n) is 0.767. The smallest absolute Gasteiger partial charge is 0.323 e. The van der Waals surface area contributed by atoms with Crippen LogP contribution in [0.3, 0.4) is 0 Å². The molecule has 0 radical (unpaired) electrons. The number of likely N-dealkylation sites (N-methyl/N-ethyl adjacent to an activating group) is 1. The van der Waals surface area contributed by atoms with Crippen LogP contribution in [0.2, 0.25) is 0 Å². The summed E-state index contributed by atoms with van der Waals surface area (Å²) in [4.78, 5) is 26.1. The van der Waals surface area contributed by atoms with Crippen molar-refractivity contribution >= 4 is 11.9 Å². The standard InChI is InChI=1S/C7H8N2O4/c1-9(4-5(10)11)7(12)6-8-2-3-13-6/h2-3H,4H2,1H3,(H,10,11). The molecule has 70 valence electrons. The molecule has 6 nitrogen and oxygen atoms in total. The fourth-order valence-corrected chi connectivity index (χ4v) is 0.767. The highest BCUT2D eigenvalue weighted by atomic mass is 16.4. The second-order valence-corrected chi connectivity index (χ2v) is 2.39. The van der Waals surface area contributed by atoms with E-state index >= 15 is 0 Å². The van der Waals surface area contributed by atoms with E-state index in [0.29, 0.717) is 0 Å². The Morgan fingerprint density at radius 2 is 2.38 bits per heavy atom. The zero-order valence-electron chi connectivity index (χ0n) is 6.93. The van der Waals surface area contributed by atoms with Crippen LogP contribution < -0.4 is 0 Å². The summed E-state index contributed by atoms with van der Waals surface area (Å²) in [5.41, 5.74) is 0. The lowest BCUT2D eigenvalue weighted by Crippen LogP contribution is -2.32. The van der Waals surface area contributed by atoms with Gasteiger partial charge in [-0.2, -0.15) is 0 Å². The molecule has 0 aliphatic heterocycles. The maximum Gasteiger partial charge on any atom is 0.323 e. The summed E-state index contributed by atoms with van der Waals surface area (Å²) in [7, 11) is 1.36. The molecule has 0 saturated heterocycles. The van der Waals surface area contributed by atoms with Gasteiger partial charge in [0.05, 0.1) is 6.20 Å². The van der Waals surface area contributed by atoms with Crippen LogP contribution in [0.1, 0.15) is 10.7 Å². The molecule has 0 spiro atoms. The van der Waals surface area contributed by atoms with E-state index in [2.05, 4.69) is 4.98 Å².